The van der Waals surface area contributed by atoms with Crippen LogP contribution in [0.1, 0.15) is 41.6 Å². The molecular weight excluding hydrogens is 470 g/mol. The summed E-state index contributed by atoms with van der Waals surface area (Å²) in [5.74, 6) is -1.97. The van der Waals surface area contributed by atoms with Crippen LogP contribution in [0.4, 0.5) is 5.00 Å². The molecule has 2 aromatic rings. The lowest BCUT2D eigenvalue weighted by Crippen LogP contribution is -2.29. The first kappa shape index (κ1) is 24.4. The van der Waals surface area contributed by atoms with Crippen LogP contribution in [-0.2, 0) is 35.5 Å². The Morgan fingerprint density at radius 3 is 2.61 bits per heavy atom. The van der Waals surface area contributed by atoms with Crippen LogP contribution in [0.15, 0.2) is 40.2 Å². The molecule has 1 aromatic heterocycles. The maximum absolute atomic E-state index is 12.3. The summed E-state index contributed by atoms with van der Waals surface area (Å²) in [6.45, 7) is 4.62. The highest BCUT2D eigenvalue weighted by molar-refractivity contribution is 7.90. The molecule has 1 amide bonds. The number of anilines is 1. The Hall–Kier alpha value is -3.25. The van der Waals surface area contributed by atoms with E-state index in [0.29, 0.717) is 17.0 Å². The molecule has 0 radical (unpaired) electrons. The van der Waals surface area contributed by atoms with E-state index in [0.717, 1.165) is 4.88 Å². The molecule has 3 rings (SSSR count). The second-order valence-corrected chi connectivity index (χ2v) is 9.73. The monoisotopic (exact) mass is 493 g/mol. The minimum absolute atomic E-state index is 0.0317. The first-order valence-corrected chi connectivity index (χ1v) is 12.4. The molecule has 0 saturated carbocycles. The van der Waals surface area contributed by atoms with E-state index < -0.39 is 40.5 Å². The van der Waals surface area contributed by atoms with E-state index in [-0.39, 0.29) is 22.9 Å². The predicted octanol–water partition coefficient (Wildman–Crippen LogP) is 2.10. The third kappa shape index (κ3) is 5.57. The number of carbonyl (C=O) groups is 3. The number of aryl methyl sites for hydroxylation is 1. The number of rotatable bonds is 8. The summed E-state index contributed by atoms with van der Waals surface area (Å²) in [7, 11) is -3.74. The number of nitrogens with zero attached hydrogens (tertiary/aromatic N) is 1. The third-order valence-electron chi connectivity index (χ3n) is 4.55. The van der Waals surface area contributed by atoms with Gasteiger partial charge in [-0.2, -0.15) is 0 Å². The standard InChI is InChI=1S/C21H23N3O7S2/c1-4-13-10-15(21(27)30-5-2)19(32-13)23-17(25)11-31-20(26)12(3)22-18-14-8-6-7-9-16(14)33(28,29)24-18/h6-10,12H,4-5,11H2,1-3H3,(H,22,24)(H,23,25)/t12-/m0/s1. The Bertz CT molecular complexity index is 1220. The molecule has 0 fully saturated rings. The van der Waals surface area contributed by atoms with Crippen molar-refractivity contribution >= 4 is 50.0 Å². The highest BCUT2D eigenvalue weighted by atomic mass is 32.2. The van der Waals surface area contributed by atoms with Crippen molar-refractivity contribution in [1.29, 1.82) is 0 Å². The summed E-state index contributed by atoms with van der Waals surface area (Å²) in [6.07, 6.45) is 0.673. The molecule has 1 aliphatic rings. The Kier molecular flexibility index (Phi) is 7.49. The fourth-order valence-corrected chi connectivity index (χ4v) is 5.21. The largest absolute Gasteiger partial charge is 0.462 e. The molecule has 2 heterocycles. The summed E-state index contributed by atoms with van der Waals surface area (Å²) >= 11 is 1.24. The number of amides is 1. The Morgan fingerprint density at radius 2 is 1.91 bits per heavy atom. The smallest absolute Gasteiger partial charge is 0.341 e. The third-order valence-corrected chi connectivity index (χ3v) is 7.14. The fourth-order valence-electron chi connectivity index (χ4n) is 2.97. The van der Waals surface area contributed by atoms with E-state index in [4.69, 9.17) is 9.47 Å². The fraction of sp³-hybridized carbons (Fsp3) is 0.333. The average Bonchev–Trinajstić information content (AvgIpc) is 3.30. The number of benzene rings is 1. The summed E-state index contributed by atoms with van der Waals surface area (Å²) in [4.78, 5) is 41.8. The van der Waals surface area contributed by atoms with Gasteiger partial charge in [-0.15, -0.1) is 11.3 Å². The molecule has 0 aliphatic carbocycles. The van der Waals surface area contributed by atoms with Crippen LogP contribution in [0.5, 0.6) is 0 Å². The van der Waals surface area contributed by atoms with E-state index >= 15 is 0 Å². The minimum Gasteiger partial charge on any atom is -0.462 e. The number of carbonyl (C=O) groups excluding carboxylic acids is 3. The van der Waals surface area contributed by atoms with E-state index in [1.54, 1.807) is 31.2 Å². The van der Waals surface area contributed by atoms with Gasteiger partial charge in [0.1, 0.15) is 16.9 Å². The predicted molar refractivity (Wildman–Crippen MR) is 122 cm³/mol. The summed E-state index contributed by atoms with van der Waals surface area (Å²) in [5.41, 5.74) is 0.594. The van der Waals surface area contributed by atoms with Gasteiger partial charge in [0.25, 0.3) is 15.9 Å². The van der Waals surface area contributed by atoms with Crippen LogP contribution in [-0.4, -0.2) is 51.4 Å². The van der Waals surface area contributed by atoms with Gasteiger partial charge >= 0.3 is 11.9 Å². The molecule has 0 unspecified atom stereocenters. The van der Waals surface area contributed by atoms with E-state index in [9.17, 15) is 22.8 Å². The van der Waals surface area contributed by atoms with Gasteiger partial charge in [0.15, 0.2) is 6.61 Å². The number of hydrogen-bond donors (Lipinski definition) is 2. The number of amidine groups is 1. The molecule has 2 N–H and O–H groups in total. The lowest BCUT2D eigenvalue weighted by atomic mass is 10.2. The number of ether oxygens (including phenoxy) is 2. The summed E-state index contributed by atoms with van der Waals surface area (Å²) < 4.78 is 36.6. The van der Waals surface area contributed by atoms with Crippen molar-refractivity contribution in [3.8, 4) is 0 Å². The number of aliphatic imine (C=N–C) groups is 1. The quantitative estimate of drug-likeness (QED) is 0.537. The second-order valence-electron chi connectivity index (χ2n) is 6.94. The van der Waals surface area contributed by atoms with Crippen LogP contribution in [0.2, 0.25) is 0 Å². The molecule has 1 aromatic carbocycles. The van der Waals surface area contributed by atoms with E-state index in [2.05, 4.69) is 15.0 Å². The van der Waals surface area contributed by atoms with Crippen molar-refractivity contribution in [2.75, 3.05) is 18.5 Å². The van der Waals surface area contributed by atoms with Crippen LogP contribution in [0.3, 0.4) is 0 Å². The average molecular weight is 494 g/mol. The molecular formula is C21H23N3O7S2. The molecule has 12 heteroatoms. The zero-order chi connectivity index (χ0) is 24.2. The van der Waals surface area contributed by atoms with Gasteiger partial charge in [0, 0.05) is 10.4 Å². The van der Waals surface area contributed by atoms with Crippen molar-refractivity contribution in [3.63, 3.8) is 0 Å². The number of nitrogens with one attached hydrogen (secondary N) is 2. The van der Waals surface area contributed by atoms with Crippen molar-refractivity contribution in [1.82, 2.24) is 4.72 Å². The van der Waals surface area contributed by atoms with Crippen LogP contribution in [0, 0.1) is 0 Å². The van der Waals surface area contributed by atoms with Gasteiger partial charge in [-0.1, -0.05) is 19.1 Å². The van der Waals surface area contributed by atoms with E-state index in [1.165, 1.54) is 24.3 Å². The van der Waals surface area contributed by atoms with Crippen molar-refractivity contribution in [2.45, 2.75) is 38.1 Å². The molecule has 10 nitrogen and oxygen atoms in total. The molecule has 1 aliphatic heterocycles. The maximum atomic E-state index is 12.3. The number of fused-ring (bicyclic) bond motifs is 1. The number of sulfonamides is 1. The van der Waals surface area contributed by atoms with Crippen LogP contribution in [0.25, 0.3) is 0 Å². The molecule has 0 saturated heterocycles. The number of hydrogen-bond acceptors (Lipinski definition) is 9. The minimum atomic E-state index is -3.74. The molecule has 0 bridgehead atoms. The van der Waals surface area contributed by atoms with Gasteiger partial charge in [-0.05, 0) is 38.5 Å². The number of thiophene rings is 1. The topological polar surface area (TPSA) is 140 Å². The molecule has 176 valence electrons. The molecule has 1 atom stereocenters. The number of esters is 2. The lowest BCUT2D eigenvalue weighted by molar-refractivity contribution is -0.148. The van der Waals surface area contributed by atoms with Gasteiger partial charge in [0.05, 0.1) is 17.1 Å². The van der Waals surface area contributed by atoms with Crippen molar-refractivity contribution < 1.29 is 32.3 Å². The first-order chi connectivity index (χ1) is 15.7. The van der Waals surface area contributed by atoms with Crippen LogP contribution >= 0.6 is 11.3 Å². The van der Waals surface area contributed by atoms with Gasteiger partial charge in [-0.25, -0.2) is 18.0 Å². The highest BCUT2D eigenvalue weighted by Crippen LogP contribution is 2.29. The Balaban J connectivity index is 1.63. The summed E-state index contributed by atoms with van der Waals surface area (Å²) in [6, 6.07) is 6.84. The zero-order valence-electron chi connectivity index (χ0n) is 18.2. The lowest BCUT2D eigenvalue weighted by Gasteiger charge is -2.10. The molecule has 33 heavy (non-hydrogen) atoms. The van der Waals surface area contributed by atoms with Crippen LogP contribution < -0.4 is 10.0 Å². The SMILES string of the molecule is CCOC(=O)c1cc(CC)sc1NC(=O)COC(=O)[C@H](C)N=C1NS(=O)(=O)c2ccccc21. The van der Waals surface area contributed by atoms with Gasteiger partial charge in [-0.3, -0.25) is 14.5 Å². The van der Waals surface area contributed by atoms with Gasteiger partial charge in [0.2, 0.25) is 0 Å². The maximum Gasteiger partial charge on any atom is 0.341 e. The Labute approximate surface area is 195 Å². The zero-order valence-corrected chi connectivity index (χ0v) is 19.8. The Morgan fingerprint density at radius 1 is 1.18 bits per heavy atom. The summed E-state index contributed by atoms with van der Waals surface area (Å²) in [5, 5.41) is 2.89. The first-order valence-electron chi connectivity index (χ1n) is 10.1. The second kappa shape index (κ2) is 10.1. The van der Waals surface area contributed by atoms with Crippen molar-refractivity contribution in [3.05, 3.63) is 46.3 Å². The highest BCUT2D eigenvalue weighted by Gasteiger charge is 2.31. The normalized spacial score (nSPS) is 15.9. The molecule has 0 spiro atoms. The van der Waals surface area contributed by atoms with Gasteiger partial charge < -0.3 is 14.8 Å². The van der Waals surface area contributed by atoms with Crippen molar-refractivity contribution in [2.24, 2.45) is 4.99 Å². The van der Waals surface area contributed by atoms with E-state index in [1.807, 2.05) is 6.92 Å².